The molecule has 1 fully saturated rings. The molecule has 2 aliphatic rings. The lowest BCUT2D eigenvalue weighted by atomic mass is 9.73. The van der Waals surface area contributed by atoms with Crippen LogP contribution in [0.1, 0.15) is 36.0 Å². The fourth-order valence-corrected chi connectivity index (χ4v) is 4.85. The van der Waals surface area contributed by atoms with Crippen molar-refractivity contribution in [2.45, 2.75) is 31.2 Å². The highest BCUT2D eigenvalue weighted by atomic mass is 16.1. The number of aromatic nitrogens is 4. The van der Waals surface area contributed by atoms with Gasteiger partial charge >= 0.3 is 0 Å². The third-order valence-corrected chi connectivity index (χ3v) is 6.64. The maximum atomic E-state index is 12.5. The standard InChI is InChI=1S/C24H22N6O/c25-22(31)20-21(29-30-23(20)27-13-11-24(30)9-3-10-24)16-6-5-15-7-8-18(28-19(15)14-16)17-4-1-2-12-26-17/h1-2,4-8,12,14,27H,3,9-11,13H2,(H2,25,31). The Morgan fingerprint density at radius 1 is 1.06 bits per heavy atom. The Balaban J connectivity index is 1.51. The molecule has 1 amide bonds. The summed E-state index contributed by atoms with van der Waals surface area (Å²) in [6, 6.07) is 15.8. The molecule has 0 radical (unpaired) electrons. The van der Waals surface area contributed by atoms with Gasteiger partial charge in [0.05, 0.1) is 22.4 Å². The second-order valence-electron chi connectivity index (χ2n) is 8.42. The zero-order valence-electron chi connectivity index (χ0n) is 17.0. The Kier molecular flexibility index (Phi) is 3.86. The van der Waals surface area contributed by atoms with Gasteiger partial charge in [0.2, 0.25) is 0 Å². The number of nitrogens with one attached hydrogen (secondary N) is 1. The van der Waals surface area contributed by atoms with Gasteiger partial charge in [-0.05, 0) is 49.9 Å². The van der Waals surface area contributed by atoms with E-state index >= 15 is 0 Å². The minimum absolute atomic E-state index is 0.0181. The number of anilines is 1. The van der Waals surface area contributed by atoms with E-state index in [1.54, 1.807) is 6.20 Å². The first-order valence-electron chi connectivity index (χ1n) is 10.6. The first-order valence-corrected chi connectivity index (χ1v) is 10.6. The minimum atomic E-state index is -0.463. The average Bonchev–Trinajstić information content (AvgIpc) is 3.18. The van der Waals surface area contributed by atoms with E-state index in [-0.39, 0.29) is 5.54 Å². The van der Waals surface area contributed by atoms with Crippen molar-refractivity contribution < 1.29 is 4.79 Å². The molecule has 3 N–H and O–H groups in total. The second kappa shape index (κ2) is 6.63. The number of carbonyl (C=O) groups excluding carboxylic acids is 1. The maximum absolute atomic E-state index is 12.5. The van der Waals surface area contributed by atoms with Crippen molar-refractivity contribution in [3.63, 3.8) is 0 Å². The SMILES string of the molecule is NC(=O)c1c(-c2ccc3ccc(-c4ccccn4)nc3c2)nn2c1NCCC21CCC1. The number of primary amides is 1. The van der Waals surface area contributed by atoms with Crippen LogP contribution in [0.3, 0.4) is 0 Å². The topological polar surface area (TPSA) is 98.7 Å². The molecule has 1 spiro atoms. The number of hydrogen-bond donors (Lipinski definition) is 2. The Morgan fingerprint density at radius 3 is 2.68 bits per heavy atom. The summed E-state index contributed by atoms with van der Waals surface area (Å²) in [7, 11) is 0. The molecule has 0 unspecified atom stereocenters. The minimum Gasteiger partial charge on any atom is -0.369 e. The highest BCUT2D eigenvalue weighted by Crippen LogP contribution is 2.47. The summed E-state index contributed by atoms with van der Waals surface area (Å²) in [5.74, 6) is 0.291. The van der Waals surface area contributed by atoms with Crippen LogP contribution >= 0.6 is 0 Å². The van der Waals surface area contributed by atoms with Gasteiger partial charge in [0.25, 0.3) is 5.91 Å². The summed E-state index contributed by atoms with van der Waals surface area (Å²) in [5.41, 5.74) is 10.2. The van der Waals surface area contributed by atoms with Gasteiger partial charge in [-0.25, -0.2) is 9.67 Å². The van der Waals surface area contributed by atoms with Crippen LogP contribution in [0.2, 0.25) is 0 Å². The zero-order valence-corrected chi connectivity index (χ0v) is 17.0. The molecular weight excluding hydrogens is 388 g/mol. The smallest absolute Gasteiger partial charge is 0.254 e. The van der Waals surface area contributed by atoms with Crippen LogP contribution in [0.25, 0.3) is 33.5 Å². The van der Waals surface area contributed by atoms with Crippen LogP contribution < -0.4 is 11.1 Å². The molecule has 1 saturated carbocycles. The van der Waals surface area contributed by atoms with Crippen LogP contribution in [-0.2, 0) is 5.54 Å². The number of carbonyl (C=O) groups is 1. The Bertz CT molecular complexity index is 1320. The molecule has 154 valence electrons. The van der Waals surface area contributed by atoms with Gasteiger partial charge in [-0.3, -0.25) is 9.78 Å². The molecule has 0 saturated heterocycles. The quantitative estimate of drug-likeness (QED) is 0.533. The van der Waals surface area contributed by atoms with Crippen LogP contribution in [0.15, 0.2) is 54.7 Å². The monoisotopic (exact) mass is 410 g/mol. The highest BCUT2D eigenvalue weighted by Gasteiger charge is 2.44. The molecule has 4 heterocycles. The van der Waals surface area contributed by atoms with Crippen LogP contribution in [0, 0.1) is 0 Å². The molecular formula is C24H22N6O. The predicted octanol–water partition coefficient (Wildman–Crippen LogP) is 3.95. The van der Waals surface area contributed by atoms with E-state index in [4.69, 9.17) is 15.8 Å². The molecule has 1 aliphatic heterocycles. The van der Waals surface area contributed by atoms with Crippen LogP contribution in [0.5, 0.6) is 0 Å². The number of benzene rings is 1. The lowest BCUT2D eigenvalue weighted by Gasteiger charge is -2.45. The summed E-state index contributed by atoms with van der Waals surface area (Å²) in [6.07, 6.45) is 6.15. The van der Waals surface area contributed by atoms with Gasteiger partial charge < -0.3 is 11.1 Å². The molecule has 7 heteroatoms. The number of fused-ring (bicyclic) bond motifs is 3. The molecule has 1 aromatic carbocycles. The van der Waals surface area contributed by atoms with Gasteiger partial charge in [-0.15, -0.1) is 0 Å². The van der Waals surface area contributed by atoms with Gasteiger partial charge in [-0.2, -0.15) is 5.10 Å². The van der Waals surface area contributed by atoms with Crippen molar-refractivity contribution in [3.8, 4) is 22.6 Å². The van der Waals surface area contributed by atoms with E-state index in [0.29, 0.717) is 11.3 Å². The largest absolute Gasteiger partial charge is 0.369 e. The van der Waals surface area contributed by atoms with E-state index < -0.39 is 5.91 Å². The molecule has 0 atom stereocenters. The van der Waals surface area contributed by atoms with E-state index in [9.17, 15) is 4.79 Å². The number of pyridine rings is 2. The molecule has 4 aromatic rings. The number of hydrogen-bond acceptors (Lipinski definition) is 5. The Hall–Kier alpha value is -3.74. The average molecular weight is 410 g/mol. The van der Waals surface area contributed by atoms with Gasteiger partial charge in [-0.1, -0.05) is 24.3 Å². The zero-order chi connectivity index (χ0) is 21.0. The van der Waals surface area contributed by atoms with Crippen molar-refractivity contribution in [3.05, 3.63) is 60.3 Å². The predicted molar refractivity (Wildman–Crippen MR) is 120 cm³/mol. The normalized spacial score (nSPS) is 16.5. The molecule has 0 bridgehead atoms. The lowest BCUT2D eigenvalue weighted by molar-refractivity contribution is 0.0996. The van der Waals surface area contributed by atoms with E-state index in [0.717, 1.165) is 59.5 Å². The van der Waals surface area contributed by atoms with E-state index in [1.807, 2.05) is 53.2 Å². The molecule has 7 nitrogen and oxygen atoms in total. The van der Waals surface area contributed by atoms with E-state index in [2.05, 4.69) is 10.3 Å². The second-order valence-corrected chi connectivity index (χ2v) is 8.42. The summed E-state index contributed by atoms with van der Waals surface area (Å²) >= 11 is 0. The maximum Gasteiger partial charge on any atom is 0.254 e. The fraction of sp³-hybridized carbons (Fsp3) is 0.250. The third kappa shape index (κ3) is 2.73. The van der Waals surface area contributed by atoms with Crippen molar-refractivity contribution in [1.29, 1.82) is 0 Å². The van der Waals surface area contributed by atoms with Gasteiger partial charge in [0.1, 0.15) is 17.1 Å². The number of amides is 1. The number of rotatable bonds is 3. The van der Waals surface area contributed by atoms with Crippen molar-refractivity contribution >= 4 is 22.6 Å². The first-order chi connectivity index (χ1) is 15.1. The third-order valence-electron chi connectivity index (χ3n) is 6.64. The lowest BCUT2D eigenvalue weighted by Crippen LogP contribution is -2.46. The van der Waals surface area contributed by atoms with E-state index in [1.165, 1.54) is 6.42 Å². The summed E-state index contributed by atoms with van der Waals surface area (Å²) in [4.78, 5) is 21.7. The van der Waals surface area contributed by atoms with Crippen molar-refractivity contribution in [1.82, 2.24) is 19.7 Å². The van der Waals surface area contributed by atoms with Gasteiger partial charge in [0.15, 0.2) is 0 Å². The molecule has 3 aromatic heterocycles. The molecule has 1 aliphatic carbocycles. The number of nitrogens with two attached hydrogens (primary N) is 1. The summed E-state index contributed by atoms with van der Waals surface area (Å²) < 4.78 is 2.03. The van der Waals surface area contributed by atoms with Crippen molar-refractivity contribution in [2.24, 2.45) is 5.73 Å². The molecule has 31 heavy (non-hydrogen) atoms. The Labute approximate surface area is 179 Å². The van der Waals surface area contributed by atoms with Crippen LogP contribution in [0.4, 0.5) is 5.82 Å². The first kappa shape index (κ1) is 18.1. The van der Waals surface area contributed by atoms with Gasteiger partial charge in [0, 0.05) is 23.7 Å². The highest BCUT2D eigenvalue weighted by molar-refractivity contribution is 6.04. The van der Waals surface area contributed by atoms with Crippen LogP contribution in [-0.4, -0.2) is 32.2 Å². The Morgan fingerprint density at radius 2 is 1.94 bits per heavy atom. The molecule has 6 rings (SSSR count). The number of nitrogens with zero attached hydrogens (tertiary/aromatic N) is 4. The van der Waals surface area contributed by atoms with Crippen molar-refractivity contribution in [2.75, 3.05) is 11.9 Å². The fourth-order valence-electron chi connectivity index (χ4n) is 4.85. The summed E-state index contributed by atoms with van der Waals surface area (Å²) in [6.45, 7) is 0.831. The summed E-state index contributed by atoms with van der Waals surface area (Å²) in [5, 5.41) is 9.30.